The van der Waals surface area contributed by atoms with Crippen LogP contribution in [0.5, 0.6) is 0 Å². The molecule has 2 aromatic heterocycles. The van der Waals surface area contributed by atoms with Crippen molar-refractivity contribution in [3.8, 4) is 5.82 Å². The van der Waals surface area contributed by atoms with Gasteiger partial charge in [-0.05, 0) is 36.8 Å². The highest BCUT2D eigenvalue weighted by molar-refractivity contribution is 9.10. The number of aromatic nitrogens is 3. The van der Waals surface area contributed by atoms with Crippen LogP contribution in [0, 0.1) is 0 Å². The number of benzene rings is 3. The van der Waals surface area contributed by atoms with Crippen LogP contribution >= 0.6 is 15.9 Å². The van der Waals surface area contributed by atoms with Crippen molar-refractivity contribution in [3.63, 3.8) is 0 Å². The molecule has 5 aromatic rings. The Bertz CT molecular complexity index is 1540. The van der Waals surface area contributed by atoms with Crippen molar-refractivity contribution in [3.05, 3.63) is 101 Å². The zero-order valence-electron chi connectivity index (χ0n) is 17.1. The van der Waals surface area contributed by atoms with E-state index in [9.17, 15) is 0 Å². The molecule has 150 valence electrons. The summed E-state index contributed by atoms with van der Waals surface area (Å²) in [5, 5.41) is 2.43. The minimum Gasteiger partial charge on any atom is -0.292 e. The minimum absolute atomic E-state index is 0.231. The third kappa shape index (κ3) is 2.86. The molecule has 0 saturated heterocycles. The van der Waals surface area contributed by atoms with E-state index in [1.54, 1.807) is 0 Å². The molecular weight excluding hydrogens is 446 g/mol. The van der Waals surface area contributed by atoms with E-state index in [1.165, 1.54) is 10.8 Å². The summed E-state index contributed by atoms with van der Waals surface area (Å²) in [5.74, 6) is 0.894. The van der Waals surface area contributed by atoms with E-state index in [0.29, 0.717) is 0 Å². The standard InChI is InChI=1S/C27H20BrN3/c1-27(15-7-2-8-16-27)25-26(30-22-11-5-4-10-21(22)29-25)31-23-12-6-3-9-19(23)20-14-13-18(28)17-24(20)31/h2-15,17H,16H2,1H3. The second kappa shape index (κ2) is 6.89. The fraction of sp³-hybridized carbons (Fsp3) is 0.111. The highest BCUT2D eigenvalue weighted by Gasteiger charge is 2.31. The first-order chi connectivity index (χ1) is 15.1. The molecule has 1 unspecified atom stereocenters. The number of nitrogens with zero attached hydrogens (tertiary/aromatic N) is 3. The van der Waals surface area contributed by atoms with Gasteiger partial charge in [-0.25, -0.2) is 9.97 Å². The van der Waals surface area contributed by atoms with E-state index in [4.69, 9.17) is 9.97 Å². The fourth-order valence-electron chi connectivity index (χ4n) is 4.60. The lowest BCUT2D eigenvalue weighted by Crippen LogP contribution is -2.24. The smallest absolute Gasteiger partial charge is 0.161 e. The van der Waals surface area contributed by atoms with E-state index in [1.807, 2.05) is 24.3 Å². The monoisotopic (exact) mass is 465 g/mol. The van der Waals surface area contributed by atoms with Gasteiger partial charge in [0.25, 0.3) is 0 Å². The van der Waals surface area contributed by atoms with Crippen molar-refractivity contribution in [2.75, 3.05) is 0 Å². The van der Waals surface area contributed by atoms with Gasteiger partial charge in [0.1, 0.15) is 0 Å². The summed E-state index contributed by atoms with van der Waals surface area (Å²) in [4.78, 5) is 10.4. The fourth-order valence-corrected chi connectivity index (χ4v) is 4.95. The minimum atomic E-state index is -0.231. The lowest BCUT2D eigenvalue weighted by Gasteiger charge is -2.28. The molecule has 2 heterocycles. The number of fused-ring (bicyclic) bond motifs is 4. The van der Waals surface area contributed by atoms with Gasteiger partial charge in [0.15, 0.2) is 5.82 Å². The Morgan fingerprint density at radius 2 is 1.58 bits per heavy atom. The van der Waals surface area contributed by atoms with Crippen molar-refractivity contribution in [1.29, 1.82) is 0 Å². The lowest BCUT2D eigenvalue weighted by atomic mass is 9.80. The van der Waals surface area contributed by atoms with E-state index >= 15 is 0 Å². The van der Waals surface area contributed by atoms with Crippen LogP contribution in [0.15, 0.2) is 95.5 Å². The van der Waals surface area contributed by atoms with Crippen molar-refractivity contribution in [2.45, 2.75) is 18.8 Å². The quantitative estimate of drug-likeness (QED) is 0.274. The van der Waals surface area contributed by atoms with Crippen LogP contribution in [0.3, 0.4) is 0 Å². The SMILES string of the molecule is CC1(c2nc3ccccc3nc2-n2c3ccccc3c3ccc(Br)cc32)C=CC=CC1. The van der Waals surface area contributed by atoms with Crippen molar-refractivity contribution in [1.82, 2.24) is 14.5 Å². The summed E-state index contributed by atoms with van der Waals surface area (Å²) in [6, 6.07) is 23.1. The molecule has 0 saturated carbocycles. The third-order valence-corrected chi connectivity index (χ3v) is 6.69. The summed E-state index contributed by atoms with van der Waals surface area (Å²) < 4.78 is 3.33. The number of hydrogen-bond acceptors (Lipinski definition) is 2. The van der Waals surface area contributed by atoms with E-state index in [0.717, 1.165) is 44.5 Å². The Hall–Kier alpha value is -3.24. The topological polar surface area (TPSA) is 30.7 Å². The number of hydrogen-bond donors (Lipinski definition) is 0. The number of rotatable bonds is 2. The molecule has 6 rings (SSSR count). The van der Waals surface area contributed by atoms with Gasteiger partial charge in [-0.3, -0.25) is 4.57 Å². The first kappa shape index (κ1) is 18.5. The second-order valence-corrected chi connectivity index (χ2v) is 9.22. The van der Waals surface area contributed by atoms with Gasteiger partial charge in [0, 0.05) is 20.7 Å². The van der Waals surface area contributed by atoms with Crippen molar-refractivity contribution in [2.24, 2.45) is 0 Å². The van der Waals surface area contributed by atoms with Gasteiger partial charge in [-0.2, -0.15) is 0 Å². The number of allylic oxidation sites excluding steroid dienone is 4. The number of halogens is 1. The molecule has 3 aromatic carbocycles. The van der Waals surface area contributed by atoms with Crippen LogP contribution in [0.4, 0.5) is 0 Å². The molecule has 0 fully saturated rings. The first-order valence-electron chi connectivity index (χ1n) is 10.4. The molecular formula is C27H20BrN3. The van der Waals surface area contributed by atoms with Crippen LogP contribution in [0.2, 0.25) is 0 Å². The van der Waals surface area contributed by atoms with E-state index < -0.39 is 0 Å². The lowest BCUT2D eigenvalue weighted by molar-refractivity contribution is 0.575. The maximum atomic E-state index is 5.20. The Balaban J connectivity index is 1.79. The predicted molar refractivity (Wildman–Crippen MR) is 132 cm³/mol. The Kier molecular flexibility index (Phi) is 4.12. The first-order valence-corrected chi connectivity index (χ1v) is 11.2. The largest absolute Gasteiger partial charge is 0.292 e. The summed E-state index contributed by atoms with van der Waals surface area (Å²) in [6.45, 7) is 2.25. The van der Waals surface area contributed by atoms with Crippen LogP contribution < -0.4 is 0 Å². The van der Waals surface area contributed by atoms with Gasteiger partial charge in [0.2, 0.25) is 0 Å². The average molecular weight is 466 g/mol. The highest BCUT2D eigenvalue weighted by atomic mass is 79.9. The van der Waals surface area contributed by atoms with Crippen molar-refractivity contribution < 1.29 is 0 Å². The molecule has 1 aliphatic carbocycles. The van der Waals surface area contributed by atoms with Crippen molar-refractivity contribution >= 4 is 48.8 Å². The van der Waals surface area contributed by atoms with Crippen LogP contribution in [0.1, 0.15) is 19.0 Å². The Labute approximate surface area is 188 Å². The number of para-hydroxylation sites is 3. The Morgan fingerprint density at radius 1 is 0.839 bits per heavy atom. The molecule has 1 atom stereocenters. The van der Waals surface area contributed by atoms with Crippen LogP contribution in [0.25, 0.3) is 38.7 Å². The van der Waals surface area contributed by atoms with Gasteiger partial charge >= 0.3 is 0 Å². The van der Waals surface area contributed by atoms with Crippen LogP contribution in [-0.2, 0) is 5.41 Å². The second-order valence-electron chi connectivity index (χ2n) is 8.31. The summed E-state index contributed by atoms with van der Waals surface area (Å²) in [5.41, 5.74) is 4.86. The Morgan fingerprint density at radius 3 is 2.39 bits per heavy atom. The molecule has 3 nitrogen and oxygen atoms in total. The maximum absolute atomic E-state index is 5.20. The summed E-state index contributed by atoms with van der Waals surface area (Å²) in [6.07, 6.45) is 9.58. The van der Waals surface area contributed by atoms with E-state index in [2.05, 4.69) is 94.2 Å². The summed E-state index contributed by atoms with van der Waals surface area (Å²) in [7, 11) is 0. The van der Waals surface area contributed by atoms with Gasteiger partial charge in [0.05, 0.1) is 27.8 Å². The van der Waals surface area contributed by atoms with Gasteiger partial charge in [-0.15, -0.1) is 0 Å². The molecule has 0 spiro atoms. The zero-order chi connectivity index (χ0) is 21.0. The molecule has 0 bridgehead atoms. The molecule has 0 radical (unpaired) electrons. The molecule has 0 aliphatic heterocycles. The van der Waals surface area contributed by atoms with Gasteiger partial charge < -0.3 is 0 Å². The predicted octanol–water partition coefficient (Wildman–Crippen LogP) is 7.26. The van der Waals surface area contributed by atoms with Gasteiger partial charge in [-0.1, -0.05) is 83.6 Å². The molecule has 1 aliphatic rings. The third-order valence-electron chi connectivity index (χ3n) is 6.19. The highest BCUT2D eigenvalue weighted by Crippen LogP contribution is 2.39. The maximum Gasteiger partial charge on any atom is 0.161 e. The normalized spacial score (nSPS) is 18.4. The summed E-state index contributed by atoms with van der Waals surface area (Å²) >= 11 is 3.67. The molecule has 0 N–H and O–H groups in total. The van der Waals surface area contributed by atoms with E-state index in [-0.39, 0.29) is 5.41 Å². The molecule has 4 heteroatoms. The average Bonchev–Trinajstić information content (AvgIpc) is 3.12. The van der Waals surface area contributed by atoms with Crippen LogP contribution in [-0.4, -0.2) is 14.5 Å². The molecule has 0 amide bonds. The zero-order valence-corrected chi connectivity index (χ0v) is 18.7. The molecule has 31 heavy (non-hydrogen) atoms.